The van der Waals surface area contributed by atoms with Crippen LogP contribution < -0.4 is 14.8 Å². The molecule has 2 aromatic carbocycles. The van der Waals surface area contributed by atoms with E-state index in [-0.39, 0.29) is 5.91 Å². The third kappa shape index (κ3) is 3.29. The number of aryl methyl sites for hydroxylation is 1. The summed E-state index contributed by atoms with van der Waals surface area (Å²) >= 11 is 0. The van der Waals surface area contributed by atoms with Gasteiger partial charge in [0.1, 0.15) is 6.10 Å². The second-order valence-electron chi connectivity index (χ2n) is 5.14. The predicted molar refractivity (Wildman–Crippen MR) is 88.2 cm³/mol. The van der Waals surface area contributed by atoms with E-state index < -0.39 is 6.10 Å². The van der Waals surface area contributed by atoms with Crippen LogP contribution in [0.4, 0.5) is 0 Å². The lowest BCUT2D eigenvalue weighted by Gasteiger charge is -2.18. The van der Waals surface area contributed by atoms with Crippen molar-refractivity contribution in [2.24, 2.45) is 0 Å². The number of hydrogen-bond acceptors (Lipinski definition) is 4. The first-order valence-electron chi connectivity index (χ1n) is 7.25. The molecule has 2 aromatic rings. The highest BCUT2D eigenvalue weighted by atomic mass is 16.5. The predicted octanol–water partition coefficient (Wildman–Crippen LogP) is 2.45. The van der Waals surface area contributed by atoms with Gasteiger partial charge in [-0.1, -0.05) is 18.2 Å². The zero-order valence-corrected chi connectivity index (χ0v) is 13.7. The minimum Gasteiger partial charge on any atom is -0.493 e. The van der Waals surface area contributed by atoms with Gasteiger partial charge in [0.25, 0.3) is 5.91 Å². The second-order valence-corrected chi connectivity index (χ2v) is 5.14. The van der Waals surface area contributed by atoms with Crippen molar-refractivity contribution in [1.82, 2.24) is 5.32 Å². The van der Waals surface area contributed by atoms with Gasteiger partial charge < -0.3 is 19.9 Å². The maximum Gasteiger partial charge on any atom is 0.251 e. The number of carbonyl (C=O) groups is 1. The van der Waals surface area contributed by atoms with Crippen LogP contribution in [0.2, 0.25) is 0 Å². The van der Waals surface area contributed by atoms with Gasteiger partial charge in [0.2, 0.25) is 0 Å². The Hall–Kier alpha value is -2.53. The van der Waals surface area contributed by atoms with Crippen LogP contribution in [0.25, 0.3) is 0 Å². The normalized spacial score (nSPS) is 11.7. The number of benzene rings is 2. The van der Waals surface area contributed by atoms with Gasteiger partial charge in [-0.2, -0.15) is 0 Å². The monoisotopic (exact) mass is 315 g/mol. The fourth-order valence-electron chi connectivity index (χ4n) is 2.60. The van der Waals surface area contributed by atoms with E-state index in [9.17, 15) is 9.90 Å². The molecule has 2 N–H and O–H groups in total. The molecule has 23 heavy (non-hydrogen) atoms. The molecule has 1 atom stereocenters. The minimum atomic E-state index is -0.943. The summed E-state index contributed by atoms with van der Waals surface area (Å²) in [6.07, 6.45) is -0.943. The Balaban J connectivity index is 2.52. The van der Waals surface area contributed by atoms with Gasteiger partial charge in [-0.15, -0.1) is 0 Å². The Morgan fingerprint density at radius 1 is 1.17 bits per heavy atom. The summed E-state index contributed by atoms with van der Waals surface area (Å²) in [4.78, 5) is 12.0. The van der Waals surface area contributed by atoms with E-state index in [1.165, 1.54) is 0 Å². The molecule has 0 aromatic heterocycles. The van der Waals surface area contributed by atoms with E-state index in [1.807, 2.05) is 13.0 Å². The molecule has 0 aliphatic heterocycles. The minimum absolute atomic E-state index is 0.239. The number of carbonyl (C=O) groups excluding carboxylic acids is 1. The van der Waals surface area contributed by atoms with E-state index in [4.69, 9.17) is 9.47 Å². The van der Waals surface area contributed by atoms with Crippen LogP contribution in [0, 0.1) is 6.92 Å². The Labute approximate surface area is 135 Å². The van der Waals surface area contributed by atoms with Crippen LogP contribution in [-0.2, 0) is 0 Å². The number of rotatable bonds is 5. The Morgan fingerprint density at radius 2 is 1.87 bits per heavy atom. The summed E-state index contributed by atoms with van der Waals surface area (Å²) in [6, 6.07) is 10.5. The standard InChI is InChI=1S/C18H21NO4/c1-11-9-12(10-15(22-3)17(11)23-4)16(20)13-7-5-6-8-14(13)18(21)19-2/h5-10,16,20H,1-4H3,(H,19,21). The average Bonchev–Trinajstić information content (AvgIpc) is 2.59. The third-order valence-corrected chi connectivity index (χ3v) is 3.73. The van der Waals surface area contributed by atoms with Crippen molar-refractivity contribution in [3.05, 3.63) is 58.7 Å². The van der Waals surface area contributed by atoms with Crippen LogP contribution in [-0.4, -0.2) is 32.3 Å². The lowest BCUT2D eigenvalue weighted by molar-refractivity contribution is 0.0958. The van der Waals surface area contributed by atoms with E-state index in [0.717, 1.165) is 5.56 Å². The largest absolute Gasteiger partial charge is 0.493 e. The molecule has 0 heterocycles. The summed E-state index contributed by atoms with van der Waals surface area (Å²) in [5, 5.41) is 13.3. The molecule has 1 unspecified atom stereocenters. The van der Waals surface area contributed by atoms with Gasteiger partial charge in [0, 0.05) is 12.6 Å². The Bertz CT molecular complexity index is 712. The molecule has 5 heteroatoms. The number of ether oxygens (including phenoxy) is 2. The van der Waals surface area contributed by atoms with Crippen molar-refractivity contribution in [3.63, 3.8) is 0 Å². The summed E-state index contributed by atoms with van der Waals surface area (Å²) in [7, 11) is 4.68. The van der Waals surface area contributed by atoms with E-state index in [2.05, 4.69) is 5.32 Å². The number of amides is 1. The topological polar surface area (TPSA) is 67.8 Å². The SMILES string of the molecule is CNC(=O)c1ccccc1C(O)c1cc(C)c(OC)c(OC)c1. The highest BCUT2D eigenvalue weighted by Gasteiger charge is 2.20. The highest BCUT2D eigenvalue weighted by Crippen LogP contribution is 2.36. The van der Waals surface area contributed by atoms with Crippen LogP contribution >= 0.6 is 0 Å². The lowest BCUT2D eigenvalue weighted by atomic mass is 9.95. The fraction of sp³-hybridized carbons (Fsp3) is 0.278. The molecule has 122 valence electrons. The fourth-order valence-corrected chi connectivity index (χ4v) is 2.60. The molecule has 2 rings (SSSR count). The molecule has 5 nitrogen and oxygen atoms in total. The molecule has 0 aliphatic carbocycles. The summed E-state index contributed by atoms with van der Waals surface area (Å²) in [5.74, 6) is 0.929. The van der Waals surface area contributed by atoms with Gasteiger partial charge in [-0.25, -0.2) is 0 Å². The van der Waals surface area contributed by atoms with Crippen LogP contribution in [0.1, 0.15) is 33.2 Å². The summed E-state index contributed by atoms with van der Waals surface area (Å²) in [5.41, 5.74) is 2.46. The molecule has 0 bridgehead atoms. The van der Waals surface area contributed by atoms with Gasteiger partial charge in [0.15, 0.2) is 11.5 Å². The summed E-state index contributed by atoms with van der Waals surface area (Å²) < 4.78 is 10.6. The average molecular weight is 315 g/mol. The van der Waals surface area contributed by atoms with Crippen LogP contribution in [0.15, 0.2) is 36.4 Å². The molecule has 0 radical (unpaired) electrons. The number of hydrogen-bond donors (Lipinski definition) is 2. The lowest BCUT2D eigenvalue weighted by Crippen LogP contribution is -2.20. The van der Waals surface area contributed by atoms with Crippen LogP contribution in [0.5, 0.6) is 11.5 Å². The molecule has 1 amide bonds. The number of nitrogens with one attached hydrogen (secondary N) is 1. The zero-order valence-electron chi connectivity index (χ0n) is 13.7. The van der Waals surface area contributed by atoms with Gasteiger partial charge >= 0.3 is 0 Å². The van der Waals surface area contributed by atoms with Gasteiger partial charge in [-0.3, -0.25) is 4.79 Å². The van der Waals surface area contributed by atoms with Gasteiger partial charge in [-0.05, 0) is 41.8 Å². The molecular weight excluding hydrogens is 294 g/mol. The van der Waals surface area contributed by atoms with Gasteiger partial charge in [0.05, 0.1) is 14.2 Å². The zero-order chi connectivity index (χ0) is 17.0. The van der Waals surface area contributed by atoms with E-state index >= 15 is 0 Å². The van der Waals surface area contributed by atoms with Crippen LogP contribution in [0.3, 0.4) is 0 Å². The first-order chi connectivity index (χ1) is 11.0. The molecular formula is C18H21NO4. The number of methoxy groups -OCH3 is 2. The molecule has 0 saturated carbocycles. The van der Waals surface area contributed by atoms with E-state index in [1.54, 1.807) is 51.6 Å². The second kappa shape index (κ2) is 7.15. The molecule has 0 spiro atoms. The Morgan fingerprint density at radius 3 is 2.48 bits per heavy atom. The van der Waals surface area contributed by atoms with Crippen molar-refractivity contribution >= 4 is 5.91 Å². The number of aliphatic hydroxyl groups is 1. The number of aliphatic hydroxyl groups excluding tert-OH is 1. The van der Waals surface area contributed by atoms with Crippen molar-refractivity contribution in [1.29, 1.82) is 0 Å². The highest BCUT2D eigenvalue weighted by molar-refractivity contribution is 5.95. The van der Waals surface area contributed by atoms with Crippen molar-refractivity contribution in [3.8, 4) is 11.5 Å². The molecule has 0 fully saturated rings. The quantitative estimate of drug-likeness (QED) is 0.889. The first kappa shape index (κ1) is 16.8. The van der Waals surface area contributed by atoms with Crippen molar-refractivity contribution in [2.75, 3.05) is 21.3 Å². The van der Waals surface area contributed by atoms with E-state index in [0.29, 0.717) is 28.2 Å². The van der Waals surface area contributed by atoms with Crippen molar-refractivity contribution in [2.45, 2.75) is 13.0 Å². The Kier molecular flexibility index (Phi) is 5.24. The molecule has 0 aliphatic rings. The maximum atomic E-state index is 12.0. The van der Waals surface area contributed by atoms with Crippen molar-refractivity contribution < 1.29 is 19.4 Å². The summed E-state index contributed by atoms with van der Waals surface area (Å²) in [6.45, 7) is 1.88. The third-order valence-electron chi connectivity index (χ3n) is 3.73. The molecule has 0 saturated heterocycles. The first-order valence-corrected chi connectivity index (χ1v) is 7.25. The smallest absolute Gasteiger partial charge is 0.251 e. The maximum absolute atomic E-state index is 12.0.